The monoisotopic (exact) mass is 404 g/mol. The van der Waals surface area contributed by atoms with Crippen molar-refractivity contribution in [3.05, 3.63) is 62.9 Å². The topological polar surface area (TPSA) is 39.4 Å². The van der Waals surface area contributed by atoms with E-state index in [2.05, 4.69) is 0 Å². The minimum Gasteiger partial charge on any atom is -0.453 e. The van der Waals surface area contributed by atoms with Gasteiger partial charge in [-0.25, -0.2) is 4.79 Å². The zero-order valence-electron chi connectivity index (χ0n) is 11.2. The Balaban J connectivity index is 2.15. The number of hydrogen-bond donors (Lipinski definition) is 0. The molecular formula is C15H7Cl3O3S2. The van der Waals surface area contributed by atoms with Crippen LogP contribution < -0.4 is 10.4 Å². The predicted octanol–water partition coefficient (Wildman–Crippen LogP) is 6.79. The first kappa shape index (κ1) is 16.9. The van der Waals surface area contributed by atoms with Gasteiger partial charge in [0.05, 0.1) is 21.5 Å². The number of rotatable bonds is 4. The first-order valence-corrected chi connectivity index (χ1v) is 9.97. The summed E-state index contributed by atoms with van der Waals surface area (Å²) in [7, 11) is 8.13. The van der Waals surface area contributed by atoms with E-state index in [4.69, 9.17) is 43.0 Å². The van der Waals surface area contributed by atoms with Crippen molar-refractivity contribution in [2.45, 2.75) is 4.90 Å². The van der Waals surface area contributed by atoms with E-state index in [1.54, 1.807) is 30.3 Å². The average Bonchev–Trinajstić information content (AvgIpc) is 2.51. The molecule has 3 nitrogen and oxygen atoms in total. The van der Waals surface area contributed by atoms with E-state index in [1.165, 1.54) is 16.9 Å². The van der Waals surface area contributed by atoms with Crippen molar-refractivity contribution >= 4 is 65.7 Å². The maximum Gasteiger partial charge on any atom is 0.339 e. The van der Waals surface area contributed by atoms with Crippen LogP contribution in [-0.2, 0) is 0 Å². The van der Waals surface area contributed by atoms with Crippen molar-refractivity contribution in [1.82, 2.24) is 0 Å². The van der Waals surface area contributed by atoms with Gasteiger partial charge in [0.1, 0.15) is 11.3 Å². The van der Waals surface area contributed by atoms with Crippen LogP contribution in [0.15, 0.2) is 56.6 Å². The molecule has 1 aromatic heterocycles. The van der Waals surface area contributed by atoms with Gasteiger partial charge in [0.25, 0.3) is 0 Å². The Kier molecular flexibility index (Phi) is 5.34. The second kappa shape index (κ2) is 7.28. The largest absolute Gasteiger partial charge is 0.453 e. The van der Waals surface area contributed by atoms with E-state index < -0.39 is 5.63 Å². The molecule has 0 radical (unpaired) electrons. The molecule has 0 aliphatic carbocycles. The molecule has 3 aromatic rings. The van der Waals surface area contributed by atoms with Crippen LogP contribution in [0.5, 0.6) is 11.5 Å². The summed E-state index contributed by atoms with van der Waals surface area (Å²) in [6, 6.07) is 11.6. The highest BCUT2D eigenvalue weighted by Gasteiger charge is 2.13. The third-order valence-electron chi connectivity index (χ3n) is 2.93. The van der Waals surface area contributed by atoms with Gasteiger partial charge in [0.15, 0.2) is 5.75 Å². The highest BCUT2D eigenvalue weighted by atomic mass is 35.7. The van der Waals surface area contributed by atoms with Gasteiger partial charge in [-0.15, -0.1) is 0 Å². The van der Waals surface area contributed by atoms with Gasteiger partial charge in [-0.3, -0.25) is 0 Å². The fourth-order valence-electron chi connectivity index (χ4n) is 1.98. The molecule has 0 unspecified atom stereocenters. The molecule has 0 spiro atoms. The van der Waals surface area contributed by atoms with Crippen LogP contribution in [0.4, 0.5) is 0 Å². The standard InChI is InChI=1S/C15H7Cl3O3S2/c16-10-2-1-3-11(17)15(10)21-13-7-14(19)20-12-5-4-8(22-23-18)6-9(12)13/h1-7H. The van der Waals surface area contributed by atoms with Crippen molar-refractivity contribution in [1.29, 1.82) is 0 Å². The molecule has 2 aromatic carbocycles. The average molecular weight is 406 g/mol. The Hall–Kier alpha value is -0.980. The minimum absolute atomic E-state index is 0.285. The SMILES string of the molecule is O=c1cc(Oc2c(Cl)cccc2Cl)c2cc(SSCl)ccc2o1. The Morgan fingerprint density at radius 2 is 1.78 bits per heavy atom. The Labute approximate surface area is 153 Å². The van der Waals surface area contributed by atoms with E-state index in [1.807, 2.05) is 6.07 Å². The van der Waals surface area contributed by atoms with Crippen LogP contribution in [0.3, 0.4) is 0 Å². The quantitative estimate of drug-likeness (QED) is 0.353. The molecule has 1 heterocycles. The van der Waals surface area contributed by atoms with Crippen LogP contribution in [0.2, 0.25) is 10.0 Å². The number of ether oxygens (including phenoxy) is 1. The van der Waals surface area contributed by atoms with Gasteiger partial charge < -0.3 is 9.15 Å². The highest BCUT2D eigenvalue weighted by Crippen LogP contribution is 2.40. The lowest BCUT2D eigenvalue weighted by Crippen LogP contribution is -1.99. The summed E-state index contributed by atoms with van der Waals surface area (Å²) >= 11 is 12.2. The maximum atomic E-state index is 11.7. The number of fused-ring (bicyclic) bond motifs is 1. The molecule has 0 aliphatic heterocycles. The lowest BCUT2D eigenvalue weighted by Gasteiger charge is -2.11. The molecule has 0 saturated carbocycles. The Bertz CT molecular complexity index is 907. The van der Waals surface area contributed by atoms with Gasteiger partial charge in [-0.1, -0.05) is 29.3 Å². The zero-order chi connectivity index (χ0) is 16.4. The first-order valence-electron chi connectivity index (χ1n) is 6.23. The first-order chi connectivity index (χ1) is 11.1. The van der Waals surface area contributed by atoms with Gasteiger partial charge >= 0.3 is 5.63 Å². The number of para-hydroxylation sites is 1. The fraction of sp³-hybridized carbons (Fsp3) is 0. The van der Waals surface area contributed by atoms with Crippen LogP contribution in [0, 0.1) is 0 Å². The van der Waals surface area contributed by atoms with E-state index in [0.29, 0.717) is 26.8 Å². The number of hydrogen-bond acceptors (Lipinski definition) is 5. The van der Waals surface area contributed by atoms with E-state index in [9.17, 15) is 4.79 Å². The van der Waals surface area contributed by atoms with Gasteiger partial charge in [0.2, 0.25) is 0 Å². The van der Waals surface area contributed by atoms with Crippen LogP contribution in [0.1, 0.15) is 0 Å². The van der Waals surface area contributed by atoms with Gasteiger partial charge in [-0.2, -0.15) is 0 Å². The molecule has 0 amide bonds. The lowest BCUT2D eigenvalue weighted by molar-refractivity contribution is 0.475. The summed E-state index contributed by atoms with van der Waals surface area (Å²) in [5.74, 6) is 0.598. The molecule has 0 saturated heterocycles. The lowest BCUT2D eigenvalue weighted by atomic mass is 10.2. The Morgan fingerprint density at radius 3 is 2.48 bits per heavy atom. The normalized spacial score (nSPS) is 10.9. The van der Waals surface area contributed by atoms with Crippen molar-refractivity contribution < 1.29 is 9.15 Å². The number of benzene rings is 2. The highest BCUT2D eigenvalue weighted by molar-refractivity contribution is 8.85. The van der Waals surface area contributed by atoms with E-state index in [0.717, 1.165) is 14.9 Å². The third kappa shape index (κ3) is 3.75. The Morgan fingerprint density at radius 1 is 1.04 bits per heavy atom. The molecule has 0 bridgehead atoms. The summed E-state index contributed by atoms with van der Waals surface area (Å²) in [4.78, 5) is 12.6. The van der Waals surface area contributed by atoms with Crippen molar-refractivity contribution in [3.8, 4) is 11.5 Å². The summed E-state index contributed by atoms with van der Waals surface area (Å²) in [5, 5.41) is 1.32. The minimum atomic E-state index is -0.525. The molecule has 0 fully saturated rings. The molecule has 0 N–H and O–H groups in total. The predicted molar refractivity (Wildman–Crippen MR) is 98.3 cm³/mol. The summed E-state index contributed by atoms with van der Waals surface area (Å²) in [5.41, 5.74) is -0.123. The van der Waals surface area contributed by atoms with Crippen LogP contribution in [0.25, 0.3) is 11.0 Å². The molecular weight excluding hydrogens is 399 g/mol. The summed E-state index contributed by atoms with van der Waals surface area (Å²) in [6.07, 6.45) is 0. The maximum absolute atomic E-state index is 11.7. The summed E-state index contributed by atoms with van der Waals surface area (Å²) in [6.45, 7) is 0. The summed E-state index contributed by atoms with van der Waals surface area (Å²) < 4.78 is 11.0. The molecule has 23 heavy (non-hydrogen) atoms. The van der Waals surface area contributed by atoms with Crippen LogP contribution in [-0.4, -0.2) is 0 Å². The molecule has 0 aliphatic rings. The smallest absolute Gasteiger partial charge is 0.339 e. The second-order valence-electron chi connectivity index (χ2n) is 4.39. The number of halogens is 3. The molecule has 8 heteroatoms. The fourth-order valence-corrected chi connectivity index (χ4v) is 4.00. The van der Waals surface area contributed by atoms with E-state index in [-0.39, 0.29) is 5.75 Å². The van der Waals surface area contributed by atoms with E-state index >= 15 is 0 Å². The third-order valence-corrected chi connectivity index (χ3v) is 5.37. The van der Waals surface area contributed by atoms with Crippen molar-refractivity contribution in [2.75, 3.05) is 0 Å². The van der Waals surface area contributed by atoms with Crippen LogP contribution >= 0.6 is 54.7 Å². The van der Waals surface area contributed by atoms with Crippen molar-refractivity contribution in [3.63, 3.8) is 0 Å². The molecule has 0 atom stereocenters. The molecule has 3 rings (SSSR count). The zero-order valence-corrected chi connectivity index (χ0v) is 15.1. The van der Waals surface area contributed by atoms with Crippen molar-refractivity contribution in [2.24, 2.45) is 0 Å². The van der Waals surface area contributed by atoms with Gasteiger partial charge in [0, 0.05) is 14.9 Å². The second-order valence-corrected chi connectivity index (χ2v) is 7.98. The van der Waals surface area contributed by atoms with Gasteiger partial charge in [-0.05, 0) is 51.8 Å². The molecule has 118 valence electrons.